The first-order chi connectivity index (χ1) is 17.2. The lowest BCUT2D eigenvalue weighted by Crippen LogP contribution is -2.42. The summed E-state index contributed by atoms with van der Waals surface area (Å²) in [6, 6.07) is 4.99. The first-order valence-electron chi connectivity index (χ1n) is 11.2. The van der Waals surface area contributed by atoms with Crippen LogP contribution in [0.15, 0.2) is 24.3 Å². The van der Waals surface area contributed by atoms with Crippen LogP contribution in [0.25, 0.3) is 0 Å². The quantitative estimate of drug-likeness (QED) is 0.0794. The van der Waals surface area contributed by atoms with Crippen molar-refractivity contribution in [3.8, 4) is 0 Å². The molecule has 8 nitrogen and oxygen atoms in total. The minimum Gasteiger partial charge on any atom is -0.414 e. The van der Waals surface area contributed by atoms with Crippen LogP contribution in [0.3, 0.4) is 0 Å². The van der Waals surface area contributed by atoms with Crippen LogP contribution in [0.1, 0.15) is 36.7 Å². The third kappa shape index (κ3) is 8.25. The van der Waals surface area contributed by atoms with Crippen LogP contribution in [-0.4, -0.2) is 39.6 Å². The molecule has 2 aromatic carbocycles. The van der Waals surface area contributed by atoms with Gasteiger partial charge in [-0.05, 0) is 65.0 Å². The number of nitrogens with one attached hydrogen (secondary N) is 3. The third-order valence-electron chi connectivity index (χ3n) is 5.90. The van der Waals surface area contributed by atoms with Crippen molar-refractivity contribution in [3.63, 3.8) is 0 Å². The Labute approximate surface area is 227 Å². The van der Waals surface area contributed by atoms with Gasteiger partial charge in [-0.25, -0.2) is 18.7 Å². The van der Waals surface area contributed by atoms with Crippen LogP contribution >= 0.6 is 22.6 Å². The summed E-state index contributed by atoms with van der Waals surface area (Å²) in [5, 5.41) is 4.49. The predicted molar refractivity (Wildman–Crippen MR) is 143 cm³/mol. The van der Waals surface area contributed by atoms with E-state index in [4.69, 9.17) is 9.26 Å². The van der Waals surface area contributed by atoms with Crippen LogP contribution in [0.5, 0.6) is 0 Å². The number of hydroxylamine groups is 1. The standard InChI is InChI=1S/C24H29F3IN3O5Si/c1-24(2,3)37(4,5)36-9-8-35-31-23(34)16-10-14(12-29-19(33)13-32)20(26)21(27)22(16)30-18-7-6-15(28)11-17(18)25/h6-7,10-11,13,30H,8-9,12H2,1-5H3,(H,29,33)(H,31,34). The Morgan fingerprint density at radius 3 is 2.35 bits per heavy atom. The molecule has 0 unspecified atom stereocenters. The van der Waals surface area contributed by atoms with Crippen LogP contribution in [0.2, 0.25) is 18.1 Å². The number of hydrogen-bond acceptors (Lipinski definition) is 6. The van der Waals surface area contributed by atoms with Gasteiger partial charge in [0.15, 0.2) is 20.0 Å². The Kier molecular flexibility index (Phi) is 10.7. The molecular formula is C24H29F3IN3O5Si. The fourth-order valence-corrected chi connectivity index (χ4v) is 4.26. The van der Waals surface area contributed by atoms with Gasteiger partial charge in [0.05, 0.1) is 30.2 Å². The molecular weight excluding hydrogens is 622 g/mol. The summed E-state index contributed by atoms with van der Waals surface area (Å²) >= 11 is 1.89. The molecule has 202 valence electrons. The summed E-state index contributed by atoms with van der Waals surface area (Å²) in [5.74, 6) is -5.64. The molecule has 0 aromatic heterocycles. The van der Waals surface area contributed by atoms with E-state index in [1.165, 1.54) is 18.2 Å². The molecule has 2 rings (SSSR count). The fourth-order valence-electron chi connectivity index (χ4n) is 2.78. The van der Waals surface area contributed by atoms with E-state index in [1.54, 1.807) is 0 Å². The number of carbonyl (C=O) groups is 3. The van der Waals surface area contributed by atoms with Crippen molar-refractivity contribution in [1.29, 1.82) is 0 Å². The molecule has 0 spiro atoms. The van der Waals surface area contributed by atoms with E-state index in [0.29, 0.717) is 3.57 Å². The van der Waals surface area contributed by atoms with Crippen LogP contribution in [-0.2, 0) is 25.4 Å². The van der Waals surface area contributed by atoms with Crippen molar-refractivity contribution < 1.29 is 36.8 Å². The molecule has 0 aliphatic heterocycles. The number of anilines is 2. The van der Waals surface area contributed by atoms with Gasteiger partial charge >= 0.3 is 0 Å². The normalized spacial score (nSPS) is 11.7. The number of carbonyl (C=O) groups excluding carboxylic acids is 3. The van der Waals surface area contributed by atoms with Gasteiger partial charge in [-0.3, -0.25) is 19.2 Å². The summed E-state index contributed by atoms with van der Waals surface area (Å²) in [6.07, 6.45) is -0.0307. The third-order valence-corrected chi connectivity index (χ3v) is 11.1. The van der Waals surface area contributed by atoms with E-state index in [0.717, 1.165) is 6.07 Å². The SMILES string of the molecule is CC(C)(C)[Si](C)(C)OCCONC(=O)c1cc(CNC(=O)C=O)c(F)c(F)c1Nc1ccc(I)cc1F. The summed E-state index contributed by atoms with van der Waals surface area (Å²) in [5.41, 5.74) is 0.491. The Bertz CT molecular complexity index is 1180. The maximum absolute atomic E-state index is 15.1. The highest BCUT2D eigenvalue weighted by atomic mass is 127. The molecule has 2 amide bonds. The summed E-state index contributed by atoms with van der Waals surface area (Å²) < 4.78 is 50.8. The molecule has 37 heavy (non-hydrogen) atoms. The van der Waals surface area contributed by atoms with Gasteiger partial charge in [0.2, 0.25) is 6.29 Å². The number of benzene rings is 2. The minimum atomic E-state index is -2.04. The van der Waals surface area contributed by atoms with E-state index >= 15 is 4.39 Å². The molecule has 0 heterocycles. The Morgan fingerprint density at radius 2 is 1.76 bits per heavy atom. The average Bonchev–Trinajstić information content (AvgIpc) is 2.81. The van der Waals surface area contributed by atoms with Gasteiger partial charge in [0.25, 0.3) is 11.8 Å². The number of amides is 2. The molecule has 13 heteroatoms. The van der Waals surface area contributed by atoms with Crippen LogP contribution in [0.4, 0.5) is 24.5 Å². The first-order valence-corrected chi connectivity index (χ1v) is 15.2. The highest BCUT2D eigenvalue weighted by Gasteiger charge is 2.37. The Morgan fingerprint density at radius 1 is 1.08 bits per heavy atom. The average molecular weight is 651 g/mol. The molecule has 0 aliphatic rings. The maximum atomic E-state index is 15.1. The predicted octanol–water partition coefficient (Wildman–Crippen LogP) is 4.95. The first kappa shape index (κ1) is 30.7. The van der Waals surface area contributed by atoms with Crippen molar-refractivity contribution in [2.75, 3.05) is 18.5 Å². The lowest BCUT2D eigenvalue weighted by atomic mass is 10.1. The zero-order chi connectivity index (χ0) is 28.0. The lowest BCUT2D eigenvalue weighted by molar-refractivity contribution is -0.131. The van der Waals surface area contributed by atoms with Gasteiger partial charge < -0.3 is 15.1 Å². The molecule has 0 saturated heterocycles. The Balaban J connectivity index is 2.28. The van der Waals surface area contributed by atoms with Gasteiger partial charge in [-0.2, -0.15) is 0 Å². The second-order valence-electron chi connectivity index (χ2n) is 9.56. The van der Waals surface area contributed by atoms with E-state index in [2.05, 4.69) is 50.0 Å². The molecule has 0 saturated carbocycles. The summed E-state index contributed by atoms with van der Waals surface area (Å²) in [4.78, 5) is 39.9. The molecule has 0 aliphatic carbocycles. The number of hydrogen-bond donors (Lipinski definition) is 3. The lowest BCUT2D eigenvalue weighted by Gasteiger charge is -2.36. The zero-order valence-corrected chi connectivity index (χ0v) is 24.2. The monoisotopic (exact) mass is 651 g/mol. The van der Waals surface area contributed by atoms with Crippen molar-refractivity contribution in [1.82, 2.24) is 10.8 Å². The highest BCUT2D eigenvalue weighted by molar-refractivity contribution is 14.1. The van der Waals surface area contributed by atoms with Gasteiger partial charge in [0, 0.05) is 15.7 Å². The van der Waals surface area contributed by atoms with Crippen molar-refractivity contribution in [3.05, 3.63) is 56.4 Å². The number of halogens is 4. The topological polar surface area (TPSA) is 106 Å². The van der Waals surface area contributed by atoms with Crippen molar-refractivity contribution in [2.45, 2.75) is 45.4 Å². The van der Waals surface area contributed by atoms with Crippen molar-refractivity contribution >= 4 is 60.4 Å². The van der Waals surface area contributed by atoms with Gasteiger partial charge in [0.1, 0.15) is 5.82 Å². The van der Waals surface area contributed by atoms with Crippen LogP contribution < -0.4 is 16.1 Å². The summed E-state index contributed by atoms with van der Waals surface area (Å²) in [6.45, 7) is 9.94. The largest absolute Gasteiger partial charge is 0.414 e. The zero-order valence-electron chi connectivity index (χ0n) is 21.1. The Hall–Kier alpha value is -2.49. The van der Waals surface area contributed by atoms with E-state index < -0.39 is 60.9 Å². The van der Waals surface area contributed by atoms with E-state index in [9.17, 15) is 23.2 Å². The van der Waals surface area contributed by atoms with Crippen molar-refractivity contribution in [2.24, 2.45) is 0 Å². The maximum Gasteiger partial charge on any atom is 0.284 e. The summed E-state index contributed by atoms with van der Waals surface area (Å²) in [7, 11) is -2.04. The van der Waals surface area contributed by atoms with Crippen LogP contribution in [0, 0.1) is 21.0 Å². The highest BCUT2D eigenvalue weighted by Crippen LogP contribution is 2.36. The molecule has 3 N–H and O–H groups in total. The molecule has 0 fully saturated rings. The molecule has 0 bridgehead atoms. The van der Waals surface area contributed by atoms with E-state index in [1.807, 2.05) is 22.6 Å². The van der Waals surface area contributed by atoms with Gasteiger partial charge in [-0.15, -0.1) is 0 Å². The molecule has 0 radical (unpaired) electrons. The second kappa shape index (κ2) is 12.8. The van der Waals surface area contributed by atoms with Gasteiger partial charge in [-0.1, -0.05) is 20.8 Å². The minimum absolute atomic E-state index is 0.0152. The van der Waals surface area contributed by atoms with E-state index in [-0.39, 0.29) is 30.2 Å². The molecule has 2 aromatic rings. The second-order valence-corrected chi connectivity index (χ2v) is 15.6. The number of rotatable bonds is 11. The molecule has 0 atom stereocenters. The number of aldehydes is 1. The fraction of sp³-hybridized carbons (Fsp3) is 0.375. The smallest absolute Gasteiger partial charge is 0.284 e.